The predicted molar refractivity (Wildman–Crippen MR) is 57.9 cm³/mol. The molecule has 0 saturated carbocycles. The van der Waals surface area contributed by atoms with Crippen LogP contribution < -0.4 is 5.73 Å². The number of aliphatic hydroxyl groups is 1. The Balaban J connectivity index is 2.13. The lowest BCUT2D eigenvalue weighted by Crippen LogP contribution is -2.50. The van der Waals surface area contributed by atoms with Crippen LogP contribution >= 0.6 is 0 Å². The summed E-state index contributed by atoms with van der Waals surface area (Å²) in [5.74, 6) is -0.154. The Morgan fingerprint density at radius 3 is 3.19 bits per heavy atom. The minimum Gasteiger partial charge on any atom is -0.397 e. The molecule has 1 atom stereocenters. The van der Waals surface area contributed by atoms with E-state index in [0.717, 1.165) is 0 Å². The zero-order valence-electron chi connectivity index (χ0n) is 8.85. The number of ether oxygens (including phenoxy) is 1. The highest BCUT2D eigenvalue weighted by atomic mass is 16.5. The molecule has 0 bridgehead atoms. The molecule has 4 N–H and O–H groups in total. The molecular weight excluding hydrogens is 210 g/mol. The van der Waals surface area contributed by atoms with Gasteiger partial charge in [0.2, 0.25) is 0 Å². The number of hydrogen-bond acceptors (Lipinski definition) is 4. The molecule has 1 aliphatic rings. The van der Waals surface area contributed by atoms with E-state index < -0.39 is 0 Å². The Morgan fingerprint density at radius 1 is 1.75 bits per heavy atom. The summed E-state index contributed by atoms with van der Waals surface area (Å²) in [5, 5.41) is 9.15. The van der Waals surface area contributed by atoms with E-state index in [4.69, 9.17) is 15.6 Å². The Labute approximate surface area is 93.0 Å². The van der Waals surface area contributed by atoms with Crippen molar-refractivity contribution in [3.63, 3.8) is 0 Å². The van der Waals surface area contributed by atoms with Crippen molar-refractivity contribution >= 4 is 11.6 Å². The highest BCUT2D eigenvalue weighted by molar-refractivity contribution is 5.93. The number of morpholine rings is 1. The summed E-state index contributed by atoms with van der Waals surface area (Å²) in [6, 6.07) is 1.32. The van der Waals surface area contributed by atoms with Crippen molar-refractivity contribution in [3.05, 3.63) is 18.0 Å². The topological polar surface area (TPSA) is 91.6 Å². The van der Waals surface area contributed by atoms with Crippen molar-refractivity contribution in [3.8, 4) is 0 Å². The second-order valence-electron chi connectivity index (χ2n) is 3.76. The van der Waals surface area contributed by atoms with Gasteiger partial charge in [0, 0.05) is 18.4 Å². The molecule has 1 amide bonds. The quantitative estimate of drug-likeness (QED) is 0.628. The van der Waals surface area contributed by atoms with Gasteiger partial charge < -0.3 is 25.5 Å². The van der Waals surface area contributed by atoms with Gasteiger partial charge in [-0.2, -0.15) is 0 Å². The van der Waals surface area contributed by atoms with Crippen LogP contribution in [0.15, 0.2) is 12.3 Å². The summed E-state index contributed by atoms with van der Waals surface area (Å²) >= 11 is 0. The fraction of sp³-hybridized carbons (Fsp3) is 0.500. The molecule has 2 rings (SSSR count). The number of aromatic nitrogens is 1. The molecule has 1 aromatic rings. The van der Waals surface area contributed by atoms with E-state index in [2.05, 4.69) is 4.98 Å². The summed E-state index contributed by atoms with van der Waals surface area (Å²) in [6.45, 7) is 1.27. The van der Waals surface area contributed by atoms with Gasteiger partial charge in [-0.15, -0.1) is 0 Å². The molecule has 1 aliphatic heterocycles. The van der Waals surface area contributed by atoms with Crippen LogP contribution in [0.2, 0.25) is 0 Å². The van der Waals surface area contributed by atoms with Gasteiger partial charge in [0.05, 0.1) is 25.9 Å². The van der Waals surface area contributed by atoms with Crippen molar-refractivity contribution in [1.29, 1.82) is 0 Å². The predicted octanol–water partition coefficient (Wildman–Crippen LogP) is -0.570. The second-order valence-corrected chi connectivity index (χ2v) is 3.76. The molecule has 6 heteroatoms. The first-order valence-corrected chi connectivity index (χ1v) is 5.16. The first-order valence-electron chi connectivity index (χ1n) is 5.16. The first kappa shape index (κ1) is 11.0. The number of hydrogen-bond donors (Lipinski definition) is 3. The molecule has 0 aromatic carbocycles. The molecule has 0 aliphatic carbocycles. The van der Waals surface area contributed by atoms with Crippen LogP contribution in [0.5, 0.6) is 0 Å². The van der Waals surface area contributed by atoms with Crippen LogP contribution in [0.25, 0.3) is 0 Å². The van der Waals surface area contributed by atoms with Gasteiger partial charge in [-0.3, -0.25) is 4.79 Å². The number of nitrogens with zero attached hydrogens (tertiary/aromatic N) is 1. The Kier molecular flexibility index (Phi) is 3.12. The molecular formula is C10H15N3O3. The van der Waals surface area contributed by atoms with Gasteiger partial charge in [0.25, 0.3) is 5.91 Å². The lowest BCUT2D eigenvalue weighted by Gasteiger charge is -2.34. The van der Waals surface area contributed by atoms with Crippen LogP contribution in [-0.2, 0) is 4.74 Å². The van der Waals surface area contributed by atoms with E-state index in [1.807, 2.05) is 0 Å². The molecule has 16 heavy (non-hydrogen) atoms. The maximum atomic E-state index is 12.1. The molecule has 1 fully saturated rings. The third-order valence-electron chi connectivity index (χ3n) is 2.63. The summed E-state index contributed by atoms with van der Waals surface area (Å²) in [6.07, 6.45) is 1.57. The number of amides is 1. The standard InChI is InChI=1S/C10H15N3O3/c11-7-3-9(12-4-7)10(15)13-1-2-16-6-8(13)5-14/h3-4,8,12,14H,1-2,5-6,11H2. The SMILES string of the molecule is Nc1c[nH]c(C(=O)N2CCOCC2CO)c1. The minimum atomic E-state index is -0.272. The third kappa shape index (κ3) is 2.02. The van der Waals surface area contributed by atoms with E-state index in [-0.39, 0.29) is 18.6 Å². The minimum absolute atomic E-state index is 0.0953. The highest BCUT2D eigenvalue weighted by Crippen LogP contribution is 2.13. The van der Waals surface area contributed by atoms with Gasteiger partial charge in [-0.25, -0.2) is 0 Å². The fourth-order valence-corrected chi connectivity index (χ4v) is 1.76. The Morgan fingerprint density at radius 2 is 2.56 bits per heavy atom. The average molecular weight is 225 g/mol. The molecule has 0 spiro atoms. The summed E-state index contributed by atoms with van der Waals surface area (Å²) in [5.41, 5.74) is 6.50. The monoisotopic (exact) mass is 225 g/mol. The largest absolute Gasteiger partial charge is 0.397 e. The molecule has 88 valence electrons. The van der Waals surface area contributed by atoms with Gasteiger partial charge in [0.1, 0.15) is 5.69 Å². The smallest absolute Gasteiger partial charge is 0.270 e. The number of H-pyrrole nitrogens is 1. The van der Waals surface area contributed by atoms with E-state index in [9.17, 15) is 4.79 Å². The third-order valence-corrected chi connectivity index (χ3v) is 2.63. The number of aromatic amines is 1. The normalized spacial score (nSPS) is 21.1. The average Bonchev–Trinajstić information content (AvgIpc) is 2.75. The van der Waals surface area contributed by atoms with Gasteiger partial charge in [-0.05, 0) is 6.07 Å². The van der Waals surface area contributed by atoms with Crippen molar-refractivity contribution in [2.45, 2.75) is 6.04 Å². The number of nitrogens with two attached hydrogens (primary N) is 1. The fourth-order valence-electron chi connectivity index (χ4n) is 1.76. The lowest BCUT2D eigenvalue weighted by molar-refractivity contribution is -0.0186. The second kappa shape index (κ2) is 4.54. The number of nitrogen functional groups attached to an aromatic ring is 1. The van der Waals surface area contributed by atoms with E-state index in [1.54, 1.807) is 17.2 Å². The van der Waals surface area contributed by atoms with Crippen molar-refractivity contribution in [2.24, 2.45) is 0 Å². The number of rotatable bonds is 2. The molecule has 1 saturated heterocycles. The van der Waals surface area contributed by atoms with Gasteiger partial charge >= 0.3 is 0 Å². The van der Waals surface area contributed by atoms with Gasteiger partial charge in [-0.1, -0.05) is 0 Å². The summed E-state index contributed by atoms with van der Waals surface area (Å²) in [7, 11) is 0. The van der Waals surface area contributed by atoms with E-state index in [0.29, 0.717) is 31.1 Å². The summed E-state index contributed by atoms with van der Waals surface area (Å²) < 4.78 is 5.21. The maximum absolute atomic E-state index is 12.1. The first-order chi connectivity index (χ1) is 7.72. The highest BCUT2D eigenvalue weighted by Gasteiger charge is 2.28. The van der Waals surface area contributed by atoms with Crippen molar-refractivity contribution in [1.82, 2.24) is 9.88 Å². The Bertz CT molecular complexity index is 377. The zero-order chi connectivity index (χ0) is 11.5. The maximum Gasteiger partial charge on any atom is 0.270 e. The number of anilines is 1. The lowest BCUT2D eigenvalue weighted by atomic mass is 10.2. The van der Waals surface area contributed by atoms with Gasteiger partial charge in [0.15, 0.2) is 0 Å². The van der Waals surface area contributed by atoms with Crippen molar-refractivity contribution in [2.75, 3.05) is 32.1 Å². The number of carbonyl (C=O) groups excluding carboxylic acids is 1. The van der Waals surface area contributed by atoms with E-state index >= 15 is 0 Å². The Hall–Kier alpha value is -1.53. The number of aliphatic hydroxyl groups excluding tert-OH is 1. The molecule has 1 unspecified atom stereocenters. The molecule has 2 heterocycles. The molecule has 0 radical (unpaired) electrons. The number of nitrogens with one attached hydrogen (secondary N) is 1. The van der Waals surface area contributed by atoms with Crippen LogP contribution in [0.4, 0.5) is 5.69 Å². The van der Waals surface area contributed by atoms with Crippen LogP contribution in [0, 0.1) is 0 Å². The number of carbonyl (C=O) groups is 1. The van der Waals surface area contributed by atoms with Crippen LogP contribution in [-0.4, -0.2) is 53.3 Å². The molecule has 6 nitrogen and oxygen atoms in total. The van der Waals surface area contributed by atoms with Crippen LogP contribution in [0.3, 0.4) is 0 Å². The van der Waals surface area contributed by atoms with Crippen LogP contribution in [0.1, 0.15) is 10.5 Å². The zero-order valence-corrected chi connectivity index (χ0v) is 8.85. The van der Waals surface area contributed by atoms with E-state index in [1.165, 1.54) is 0 Å². The molecule has 1 aromatic heterocycles. The summed E-state index contributed by atoms with van der Waals surface area (Å²) in [4.78, 5) is 16.5. The van der Waals surface area contributed by atoms with Crippen molar-refractivity contribution < 1.29 is 14.6 Å².